The van der Waals surface area contributed by atoms with Crippen LogP contribution in [0, 0.1) is 5.92 Å². The molecule has 0 aromatic carbocycles. The van der Waals surface area contributed by atoms with Crippen LogP contribution in [0.25, 0.3) is 0 Å². The van der Waals surface area contributed by atoms with Gasteiger partial charge in [-0.25, -0.2) is 9.18 Å². The Morgan fingerprint density at radius 2 is 2.09 bits per heavy atom. The summed E-state index contributed by atoms with van der Waals surface area (Å²) in [5.41, 5.74) is 5.84. The van der Waals surface area contributed by atoms with Crippen molar-refractivity contribution in [3.63, 3.8) is 0 Å². The monoisotopic (exact) mass is 323 g/mol. The summed E-state index contributed by atoms with van der Waals surface area (Å²) in [6.07, 6.45) is 4.84. The van der Waals surface area contributed by atoms with Gasteiger partial charge in [0.1, 0.15) is 5.92 Å². The molecule has 23 heavy (non-hydrogen) atoms. The number of carbonyl (C=O) groups is 3. The quantitative estimate of drug-likeness (QED) is 0.576. The molecule has 126 valence electrons. The number of nitrogens with two attached hydrogens (primary N) is 1. The van der Waals surface area contributed by atoms with Crippen molar-refractivity contribution < 1.29 is 18.8 Å². The van der Waals surface area contributed by atoms with Crippen molar-refractivity contribution in [2.24, 2.45) is 11.7 Å². The maximum absolute atomic E-state index is 12.6. The summed E-state index contributed by atoms with van der Waals surface area (Å²) in [5, 5.41) is 2.12. The topological polar surface area (TPSA) is 92.5 Å². The predicted octanol–water partition coefficient (Wildman–Crippen LogP) is 1.79. The van der Waals surface area contributed by atoms with E-state index in [9.17, 15) is 18.8 Å². The van der Waals surface area contributed by atoms with Gasteiger partial charge >= 0.3 is 6.03 Å². The number of hydrogen-bond donors (Lipinski definition) is 2. The number of rotatable bonds is 6. The van der Waals surface area contributed by atoms with Crippen molar-refractivity contribution in [1.82, 2.24) is 10.2 Å². The zero-order valence-electron chi connectivity index (χ0n) is 13.6. The molecule has 6 nitrogen and oxygen atoms in total. The number of barbiturate groups is 1. The number of hydrogen-bond acceptors (Lipinski definition) is 4. The van der Waals surface area contributed by atoms with Gasteiger partial charge < -0.3 is 5.73 Å². The average Bonchev–Trinajstić information content (AvgIpc) is 2.44. The molecule has 0 bridgehead atoms. The molecule has 4 amide bonds. The molecule has 1 saturated heterocycles. The minimum absolute atomic E-state index is 0.181. The normalized spacial score (nSPS) is 22.3. The predicted molar refractivity (Wildman–Crippen MR) is 84.8 cm³/mol. The lowest BCUT2D eigenvalue weighted by atomic mass is 9.84. The Hall–Kier alpha value is -2.28. The molecule has 3 N–H and O–H groups in total. The van der Waals surface area contributed by atoms with E-state index in [1.54, 1.807) is 13.0 Å². The van der Waals surface area contributed by atoms with Gasteiger partial charge in [0.15, 0.2) is 0 Å². The lowest BCUT2D eigenvalue weighted by Gasteiger charge is -2.31. The first-order valence-electron chi connectivity index (χ1n) is 7.17. The molecular weight excluding hydrogens is 301 g/mol. The highest BCUT2D eigenvalue weighted by Crippen LogP contribution is 2.24. The van der Waals surface area contributed by atoms with Crippen molar-refractivity contribution in [2.45, 2.75) is 32.2 Å². The highest BCUT2D eigenvalue weighted by atomic mass is 19.1. The molecule has 2 atom stereocenters. The molecule has 1 aliphatic heterocycles. The molecule has 1 fully saturated rings. The second-order valence-corrected chi connectivity index (χ2v) is 5.84. The molecule has 1 heterocycles. The van der Waals surface area contributed by atoms with Crippen LogP contribution in [-0.2, 0) is 9.59 Å². The van der Waals surface area contributed by atoms with Crippen LogP contribution >= 0.6 is 0 Å². The highest BCUT2D eigenvalue weighted by Gasteiger charge is 2.39. The summed E-state index contributed by atoms with van der Waals surface area (Å²) in [7, 11) is 1.31. The third kappa shape index (κ3) is 4.85. The van der Waals surface area contributed by atoms with Crippen molar-refractivity contribution in [2.75, 3.05) is 7.05 Å². The molecule has 1 aliphatic rings. The maximum atomic E-state index is 12.6. The van der Waals surface area contributed by atoms with E-state index >= 15 is 0 Å². The number of imide groups is 2. The first kappa shape index (κ1) is 18.8. The number of amides is 4. The molecule has 0 spiro atoms. The van der Waals surface area contributed by atoms with Crippen LogP contribution in [0.4, 0.5) is 9.18 Å². The molecule has 0 saturated carbocycles. The summed E-state index contributed by atoms with van der Waals surface area (Å²) in [5.74, 6) is -2.46. The minimum Gasteiger partial charge on any atom is -0.322 e. The van der Waals surface area contributed by atoms with Crippen molar-refractivity contribution in [3.05, 3.63) is 36.2 Å². The zero-order chi connectivity index (χ0) is 17.8. The van der Waals surface area contributed by atoms with Gasteiger partial charge in [0.2, 0.25) is 11.8 Å². The van der Waals surface area contributed by atoms with E-state index in [-0.39, 0.29) is 12.2 Å². The maximum Gasteiger partial charge on any atom is 0.330 e. The second-order valence-electron chi connectivity index (χ2n) is 5.84. The van der Waals surface area contributed by atoms with E-state index < -0.39 is 29.3 Å². The lowest BCUT2D eigenvalue weighted by Crippen LogP contribution is -2.56. The van der Waals surface area contributed by atoms with E-state index in [1.807, 2.05) is 0 Å². The average molecular weight is 323 g/mol. The van der Waals surface area contributed by atoms with Gasteiger partial charge in [-0.05, 0) is 38.3 Å². The lowest BCUT2D eigenvalue weighted by molar-refractivity contribution is -0.142. The van der Waals surface area contributed by atoms with Crippen LogP contribution < -0.4 is 11.1 Å². The fourth-order valence-corrected chi connectivity index (χ4v) is 2.07. The first-order chi connectivity index (χ1) is 10.6. The Morgan fingerprint density at radius 1 is 1.48 bits per heavy atom. The molecule has 0 radical (unpaired) electrons. The van der Waals surface area contributed by atoms with E-state index in [1.165, 1.54) is 26.1 Å². The van der Waals surface area contributed by atoms with E-state index in [0.717, 1.165) is 4.90 Å². The number of nitrogens with one attached hydrogen (secondary N) is 1. The highest BCUT2D eigenvalue weighted by molar-refractivity contribution is 6.15. The van der Waals surface area contributed by atoms with Crippen LogP contribution in [0.1, 0.15) is 26.7 Å². The standard InChI is InChI=1S/C16H22FN3O3/c1-10(6-5-7-11(2)17)16(3,18)9-8-12-13(21)19-15(23)20(4)14(12)22/h5-7,12H,1,8-9,18H2,2-4H3,(H,19,21,23)/b6-5-,11-7+/t12?,16-/m1/s1. The smallest absolute Gasteiger partial charge is 0.322 e. The van der Waals surface area contributed by atoms with Crippen LogP contribution in [0.15, 0.2) is 36.2 Å². The van der Waals surface area contributed by atoms with Gasteiger partial charge in [-0.3, -0.25) is 19.8 Å². The van der Waals surface area contributed by atoms with Crippen molar-refractivity contribution in [1.29, 1.82) is 0 Å². The molecule has 7 heteroatoms. The van der Waals surface area contributed by atoms with Gasteiger partial charge in [-0.1, -0.05) is 18.7 Å². The Kier molecular flexibility index (Phi) is 5.98. The van der Waals surface area contributed by atoms with E-state index in [4.69, 9.17) is 5.73 Å². The molecular formula is C16H22FN3O3. The Morgan fingerprint density at radius 3 is 2.65 bits per heavy atom. The molecule has 0 aliphatic carbocycles. The van der Waals surface area contributed by atoms with Crippen molar-refractivity contribution in [3.8, 4) is 0 Å². The summed E-state index contributed by atoms with van der Waals surface area (Å²) in [6, 6.07) is -0.729. The fraction of sp³-hybridized carbons (Fsp3) is 0.438. The number of halogens is 1. The van der Waals surface area contributed by atoms with Gasteiger partial charge in [-0.15, -0.1) is 0 Å². The summed E-state index contributed by atoms with van der Waals surface area (Å²) in [4.78, 5) is 36.0. The van der Waals surface area contributed by atoms with E-state index in [2.05, 4.69) is 11.9 Å². The third-order valence-corrected chi connectivity index (χ3v) is 3.79. The van der Waals surface area contributed by atoms with Crippen LogP contribution in [0.5, 0.6) is 0 Å². The number of carbonyl (C=O) groups excluding carboxylic acids is 3. The molecule has 1 rings (SSSR count). The fourth-order valence-electron chi connectivity index (χ4n) is 2.07. The Bertz CT molecular complexity index is 589. The molecule has 1 unspecified atom stereocenters. The summed E-state index contributed by atoms with van der Waals surface area (Å²) in [6.45, 7) is 6.87. The Labute approximate surface area is 134 Å². The number of urea groups is 1. The summed E-state index contributed by atoms with van der Waals surface area (Å²) < 4.78 is 12.6. The van der Waals surface area contributed by atoms with Crippen LogP contribution in [0.2, 0.25) is 0 Å². The van der Waals surface area contributed by atoms with Crippen molar-refractivity contribution >= 4 is 17.8 Å². The van der Waals surface area contributed by atoms with Gasteiger partial charge in [0.25, 0.3) is 0 Å². The first-order valence-corrected chi connectivity index (χ1v) is 7.17. The molecule has 0 aromatic rings. The van der Waals surface area contributed by atoms with Gasteiger partial charge in [0, 0.05) is 12.6 Å². The number of allylic oxidation sites excluding steroid dienone is 3. The largest absolute Gasteiger partial charge is 0.330 e. The van der Waals surface area contributed by atoms with Crippen LogP contribution in [0.3, 0.4) is 0 Å². The Balaban J connectivity index is 2.71. The SMILES string of the molecule is C=C(/C=C\C=C(/C)F)[C@](C)(N)CCC1C(=O)NC(=O)N(C)C1=O. The summed E-state index contributed by atoms with van der Waals surface area (Å²) >= 11 is 0. The second kappa shape index (κ2) is 7.32. The van der Waals surface area contributed by atoms with E-state index in [0.29, 0.717) is 12.0 Å². The third-order valence-electron chi connectivity index (χ3n) is 3.79. The zero-order valence-corrected chi connectivity index (χ0v) is 13.6. The molecule has 0 aromatic heterocycles. The van der Waals surface area contributed by atoms with Gasteiger partial charge in [-0.2, -0.15) is 0 Å². The van der Waals surface area contributed by atoms with Crippen LogP contribution in [-0.4, -0.2) is 35.3 Å². The number of nitrogens with zero attached hydrogens (tertiary/aromatic N) is 1. The minimum atomic E-state index is -0.953. The van der Waals surface area contributed by atoms with Gasteiger partial charge in [0.05, 0.1) is 5.83 Å².